The lowest BCUT2D eigenvalue weighted by Gasteiger charge is -2.02. The van der Waals surface area contributed by atoms with Crippen molar-refractivity contribution in [1.82, 2.24) is 20.6 Å². The van der Waals surface area contributed by atoms with E-state index >= 15 is 0 Å². The summed E-state index contributed by atoms with van der Waals surface area (Å²) in [5.41, 5.74) is 0.742. The van der Waals surface area contributed by atoms with E-state index in [0.717, 1.165) is 5.56 Å². The minimum atomic E-state index is -0.480. The van der Waals surface area contributed by atoms with E-state index in [-0.39, 0.29) is 5.95 Å². The average Bonchev–Trinajstić information content (AvgIpc) is 2.81. The molecule has 2 aromatic rings. The van der Waals surface area contributed by atoms with Gasteiger partial charge in [0.1, 0.15) is 0 Å². The van der Waals surface area contributed by atoms with Gasteiger partial charge in [0.25, 0.3) is 5.95 Å². The molecule has 0 atom stereocenters. The summed E-state index contributed by atoms with van der Waals surface area (Å²) in [6, 6.07) is 7.17. The van der Waals surface area contributed by atoms with Crippen molar-refractivity contribution in [2.24, 2.45) is 4.99 Å². The number of tetrazole rings is 1. The largest absolute Gasteiger partial charge is 0.859 e. The lowest BCUT2D eigenvalue weighted by molar-refractivity contribution is -0.211. The summed E-state index contributed by atoms with van der Waals surface area (Å²) in [5, 5.41) is 24.5. The molecule has 0 spiro atoms. The van der Waals surface area contributed by atoms with Gasteiger partial charge in [-0.2, -0.15) is 5.21 Å². The average molecular weight is 249 g/mol. The van der Waals surface area contributed by atoms with Crippen molar-refractivity contribution in [2.75, 3.05) is 0 Å². The fourth-order valence-electron chi connectivity index (χ4n) is 1.11. The maximum atomic E-state index is 11.4. The van der Waals surface area contributed by atoms with Crippen LogP contribution >= 0.6 is 11.6 Å². The normalized spacial score (nSPS) is 12.2. The summed E-state index contributed by atoms with van der Waals surface area (Å²) in [7, 11) is 0. The summed E-state index contributed by atoms with van der Waals surface area (Å²) in [4.78, 5) is 3.58. The number of nitrogens with zero attached hydrogens (tertiary/aromatic N) is 4. The molecule has 0 aliphatic heterocycles. The SMILES string of the molecule is [O-]C(/C=C/c1ccccc1Cl)=Nc1nn[nH]n1. The van der Waals surface area contributed by atoms with Gasteiger partial charge in [0, 0.05) is 5.02 Å². The highest BCUT2D eigenvalue weighted by Gasteiger charge is 1.93. The minimum Gasteiger partial charge on any atom is -0.859 e. The van der Waals surface area contributed by atoms with Crippen molar-refractivity contribution in [3.8, 4) is 0 Å². The topological polar surface area (TPSA) is 89.9 Å². The Bertz CT molecular complexity index is 550. The molecule has 0 aliphatic carbocycles. The zero-order chi connectivity index (χ0) is 12.1. The second kappa shape index (κ2) is 5.22. The number of halogens is 1. The van der Waals surface area contributed by atoms with Crippen molar-refractivity contribution in [1.29, 1.82) is 0 Å². The molecule has 1 heterocycles. The first kappa shape index (κ1) is 11.3. The Morgan fingerprint density at radius 2 is 2.24 bits per heavy atom. The maximum absolute atomic E-state index is 11.4. The summed E-state index contributed by atoms with van der Waals surface area (Å²) in [6.45, 7) is 0. The van der Waals surface area contributed by atoms with E-state index < -0.39 is 5.90 Å². The molecular formula is C10H7ClN5O-. The van der Waals surface area contributed by atoms with Gasteiger partial charge in [0.2, 0.25) is 0 Å². The summed E-state index contributed by atoms with van der Waals surface area (Å²) >= 11 is 5.92. The molecule has 1 N–H and O–H groups in total. The monoisotopic (exact) mass is 248 g/mol. The Morgan fingerprint density at radius 1 is 1.41 bits per heavy atom. The molecule has 7 heteroatoms. The van der Waals surface area contributed by atoms with Crippen molar-refractivity contribution in [3.63, 3.8) is 0 Å². The van der Waals surface area contributed by atoms with Crippen LogP contribution in [-0.4, -0.2) is 26.5 Å². The van der Waals surface area contributed by atoms with Gasteiger partial charge in [0.15, 0.2) is 0 Å². The second-order valence-electron chi connectivity index (χ2n) is 3.02. The molecule has 6 nitrogen and oxygen atoms in total. The van der Waals surface area contributed by atoms with Crippen LogP contribution in [0.25, 0.3) is 6.08 Å². The summed E-state index contributed by atoms with van der Waals surface area (Å²) < 4.78 is 0. The highest BCUT2D eigenvalue weighted by atomic mass is 35.5. The van der Waals surface area contributed by atoms with E-state index in [1.165, 1.54) is 6.08 Å². The smallest absolute Gasteiger partial charge is 0.288 e. The zero-order valence-electron chi connectivity index (χ0n) is 8.54. The van der Waals surface area contributed by atoms with Gasteiger partial charge < -0.3 is 5.11 Å². The number of nitrogens with one attached hydrogen (secondary N) is 1. The molecule has 1 aromatic carbocycles. The molecule has 0 saturated carbocycles. The van der Waals surface area contributed by atoms with Crippen LogP contribution < -0.4 is 5.11 Å². The number of aromatic amines is 1. The third kappa shape index (κ3) is 3.12. The van der Waals surface area contributed by atoms with Crippen LogP contribution in [0.4, 0.5) is 5.95 Å². The van der Waals surface area contributed by atoms with Gasteiger partial charge >= 0.3 is 0 Å². The number of H-pyrrole nitrogens is 1. The zero-order valence-corrected chi connectivity index (χ0v) is 9.30. The summed E-state index contributed by atoms with van der Waals surface area (Å²) in [5.74, 6) is -0.481. The molecular weight excluding hydrogens is 242 g/mol. The van der Waals surface area contributed by atoms with E-state index in [1.807, 2.05) is 12.1 Å². The van der Waals surface area contributed by atoms with Crippen molar-refractivity contribution in [3.05, 3.63) is 40.9 Å². The highest BCUT2D eigenvalue weighted by molar-refractivity contribution is 6.32. The standard InChI is InChI=1S/C10H8ClN5O/c11-8-4-2-1-3-7(8)5-6-9(17)12-10-13-15-16-14-10/h1-6H,(H2,12,13,14,15,16,17)/p-1/b6-5+. The molecule has 0 saturated heterocycles. The Balaban J connectivity index is 2.14. The number of rotatable bonds is 3. The Hall–Kier alpha value is -2.21. The lowest BCUT2D eigenvalue weighted by Crippen LogP contribution is -2.13. The predicted octanol–water partition coefficient (Wildman–Crippen LogP) is 0.957. The van der Waals surface area contributed by atoms with Crippen molar-refractivity contribution in [2.45, 2.75) is 0 Å². The number of hydrogen-bond acceptors (Lipinski definition) is 5. The van der Waals surface area contributed by atoms with Gasteiger partial charge in [-0.1, -0.05) is 47.1 Å². The third-order valence-electron chi connectivity index (χ3n) is 1.86. The van der Waals surface area contributed by atoms with Gasteiger partial charge in [-0.3, -0.25) is 0 Å². The molecule has 17 heavy (non-hydrogen) atoms. The van der Waals surface area contributed by atoms with Crippen LogP contribution in [0.3, 0.4) is 0 Å². The molecule has 0 fully saturated rings. The van der Waals surface area contributed by atoms with Crippen LogP contribution in [0.5, 0.6) is 0 Å². The molecule has 86 valence electrons. The quantitative estimate of drug-likeness (QED) is 0.647. The number of aromatic nitrogens is 4. The first-order chi connectivity index (χ1) is 8.25. The fraction of sp³-hybridized carbons (Fsp3) is 0. The van der Waals surface area contributed by atoms with Gasteiger partial charge in [-0.25, -0.2) is 4.99 Å². The maximum Gasteiger partial charge on any atom is 0.288 e. The van der Waals surface area contributed by atoms with Gasteiger partial charge in [-0.05, 0) is 22.7 Å². The lowest BCUT2D eigenvalue weighted by atomic mass is 10.2. The Kier molecular flexibility index (Phi) is 3.46. The summed E-state index contributed by atoms with van der Waals surface area (Å²) in [6.07, 6.45) is 2.87. The van der Waals surface area contributed by atoms with E-state index in [9.17, 15) is 5.11 Å². The van der Waals surface area contributed by atoms with E-state index in [0.29, 0.717) is 5.02 Å². The van der Waals surface area contributed by atoms with E-state index in [4.69, 9.17) is 11.6 Å². The van der Waals surface area contributed by atoms with Crippen LogP contribution in [-0.2, 0) is 0 Å². The molecule has 0 bridgehead atoms. The first-order valence-corrected chi connectivity index (χ1v) is 5.05. The van der Waals surface area contributed by atoms with Crippen molar-refractivity contribution < 1.29 is 5.11 Å². The number of aliphatic imine (C=N–C) groups is 1. The molecule has 0 radical (unpaired) electrons. The number of benzene rings is 1. The Morgan fingerprint density at radius 3 is 2.94 bits per heavy atom. The van der Waals surface area contributed by atoms with Gasteiger partial charge in [-0.15, -0.1) is 5.10 Å². The molecule has 0 aliphatic rings. The first-order valence-electron chi connectivity index (χ1n) is 4.67. The van der Waals surface area contributed by atoms with Crippen LogP contribution in [0.15, 0.2) is 35.3 Å². The van der Waals surface area contributed by atoms with Crippen LogP contribution in [0.2, 0.25) is 5.02 Å². The number of hydrogen-bond donors (Lipinski definition) is 1. The molecule has 2 rings (SSSR count). The fourth-order valence-corrected chi connectivity index (χ4v) is 1.31. The van der Waals surface area contributed by atoms with E-state index in [1.54, 1.807) is 18.2 Å². The minimum absolute atomic E-state index is 0.00110. The van der Waals surface area contributed by atoms with E-state index in [2.05, 4.69) is 25.6 Å². The van der Waals surface area contributed by atoms with Gasteiger partial charge in [0.05, 0.1) is 0 Å². The highest BCUT2D eigenvalue weighted by Crippen LogP contribution is 2.16. The molecule has 0 unspecified atom stereocenters. The molecule has 1 aromatic heterocycles. The van der Waals surface area contributed by atoms with Crippen molar-refractivity contribution >= 4 is 29.5 Å². The predicted molar refractivity (Wildman–Crippen MR) is 61.8 cm³/mol. The van der Waals surface area contributed by atoms with Crippen LogP contribution in [0.1, 0.15) is 5.56 Å². The second-order valence-corrected chi connectivity index (χ2v) is 3.42. The molecule has 0 amide bonds. The Labute approximate surface area is 102 Å². The van der Waals surface area contributed by atoms with Crippen LogP contribution in [0, 0.1) is 0 Å². The third-order valence-corrected chi connectivity index (χ3v) is 2.20.